The molecular weight excluding hydrogens is 312 g/mol. The zero-order chi connectivity index (χ0) is 13.0. The summed E-state index contributed by atoms with van der Waals surface area (Å²) in [7, 11) is 0. The van der Waals surface area contributed by atoms with Gasteiger partial charge in [0.1, 0.15) is 5.82 Å². The predicted molar refractivity (Wildman–Crippen MR) is 81.3 cm³/mol. The number of pyridine rings is 1. The number of rotatable bonds is 4. The fraction of sp³-hybridized carbons (Fsp3) is 0.643. The second kappa shape index (κ2) is 6.76. The van der Waals surface area contributed by atoms with Crippen molar-refractivity contribution in [3.05, 3.63) is 22.3 Å². The van der Waals surface area contributed by atoms with Crippen LogP contribution in [0.2, 0.25) is 0 Å². The van der Waals surface area contributed by atoms with Gasteiger partial charge in [-0.2, -0.15) is 0 Å². The molecule has 0 radical (unpaired) electrons. The highest BCUT2D eigenvalue weighted by Crippen LogP contribution is 2.32. The standard InChI is InChI=1S/C14H20BrClN2/c1-10-6-7-17-14(13(10)15)18-9-12-5-3-2-4-11(12)8-16/h6-7,11-12H,2-5,8-9H2,1H3,(H,17,18). The summed E-state index contributed by atoms with van der Waals surface area (Å²) in [6.45, 7) is 3.06. The molecule has 1 fully saturated rings. The fourth-order valence-corrected chi connectivity index (χ4v) is 3.43. The molecule has 0 saturated heterocycles. The van der Waals surface area contributed by atoms with Gasteiger partial charge < -0.3 is 5.32 Å². The van der Waals surface area contributed by atoms with Crippen molar-refractivity contribution >= 4 is 33.3 Å². The van der Waals surface area contributed by atoms with E-state index in [1.54, 1.807) is 0 Å². The van der Waals surface area contributed by atoms with Gasteiger partial charge in [-0.1, -0.05) is 12.8 Å². The van der Waals surface area contributed by atoms with Gasteiger partial charge >= 0.3 is 0 Å². The van der Waals surface area contributed by atoms with Crippen molar-refractivity contribution in [3.63, 3.8) is 0 Å². The quantitative estimate of drug-likeness (QED) is 0.815. The third-order valence-electron chi connectivity index (χ3n) is 3.88. The van der Waals surface area contributed by atoms with Crippen molar-refractivity contribution in [2.24, 2.45) is 11.8 Å². The summed E-state index contributed by atoms with van der Waals surface area (Å²) in [5.41, 5.74) is 1.21. The second-order valence-electron chi connectivity index (χ2n) is 5.13. The molecule has 2 atom stereocenters. The van der Waals surface area contributed by atoms with Crippen LogP contribution in [0.5, 0.6) is 0 Å². The maximum atomic E-state index is 6.06. The third-order valence-corrected chi connectivity index (χ3v) is 5.28. The average molecular weight is 332 g/mol. The number of alkyl halides is 1. The molecular formula is C14H20BrClN2. The molecule has 0 spiro atoms. The Morgan fingerprint density at radius 2 is 2.11 bits per heavy atom. The highest BCUT2D eigenvalue weighted by atomic mass is 79.9. The molecule has 2 unspecified atom stereocenters. The summed E-state index contributed by atoms with van der Waals surface area (Å²) in [6, 6.07) is 2.01. The lowest BCUT2D eigenvalue weighted by Gasteiger charge is -2.30. The Morgan fingerprint density at radius 3 is 2.83 bits per heavy atom. The number of aromatic nitrogens is 1. The number of hydrogen-bond donors (Lipinski definition) is 1. The molecule has 1 aromatic heterocycles. The Balaban J connectivity index is 1.96. The SMILES string of the molecule is Cc1ccnc(NCC2CCCCC2CCl)c1Br. The molecule has 2 nitrogen and oxygen atoms in total. The average Bonchev–Trinajstić information content (AvgIpc) is 2.41. The summed E-state index contributed by atoms with van der Waals surface area (Å²) < 4.78 is 1.07. The predicted octanol–water partition coefficient (Wildman–Crippen LogP) is 4.61. The molecule has 1 aromatic rings. The van der Waals surface area contributed by atoms with Crippen LogP contribution in [-0.2, 0) is 0 Å². The Bertz CT molecular complexity index is 397. The van der Waals surface area contributed by atoms with E-state index in [9.17, 15) is 0 Å². The van der Waals surface area contributed by atoms with E-state index in [1.165, 1.54) is 31.2 Å². The van der Waals surface area contributed by atoms with E-state index in [0.717, 1.165) is 22.7 Å². The van der Waals surface area contributed by atoms with Gasteiger partial charge in [-0.25, -0.2) is 4.98 Å². The van der Waals surface area contributed by atoms with Gasteiger partial charge in [0, 0.05) is 18.6 Å². The maximum Gasteiger partial charge on any atom is 0.140 e. The molecule has 1 saturated carbocycles. The molecule has 1 aliphatic rings. The molecule has 0 bridgehead atoms. The van der Waals surface area contributed by atoms with Crippen molar-refractivity contribution in [2.45, 2.75) is 32.6 Å². The van der Waals surface area contributed by atoms with Crippen LogP contribution in [0.25, 0.3) is 0 Å². The first-order chi connectivity index (χ1) is 8.72. The van der Waals surface area contributed by atoms with Crippen molar-refractivity contribution in [1.29, 1.82) is 0 Å². The number of aryl methyl sites for hydroxylation is 1. The minimum atomic E-state index is 0.663. The smallest absolute Gasteiger partial charge is 0.140 e. The zero-order valence-electron chi connectivity index (χ0n) is 10.8. The topological polar surface area (TPSA) is 24.9 Å². The molecule has 18 heavy (non-hydrogen) atoms. The summed E-state index contributed by atoms with van der Waals surface area (Å²) in [5.74, 6) is 3.09. The van der Waals surface area contributed by atoms with E-state index >= 15 is 0 Å². The van der Waals surface area contributed by atoms with Crippen LogP contribution in [0.3, 0.4) is 0 Å². The third kappa shape index (κ3) is 3.39. The summed E-state index contributed by atoms with van der Waals surface area (Å²) in [4.78, 5) is 4.38. The van der Waals surface area contributed by atoms with Crippen molar-refractivity contribution < 1.29 is 0 Å². The van der Waals surface area contributed by atoms with Gasteiger partial charge in [0.2, 0.25) is 0 Å². The van der Waals surface area contributed by atoms with Gasteiger partial charge in [0.05, 0.1) is 4.47 Å². The lowest BCUT2D eigenvalue weighted by molar-refractivity contribution is 0.272. The molecule has 2 rings (SSSR count). The molecule has 100 valence electrons. The fourth-order valence-electron chi connectivity index (χ4n) is 2.65. The normalized spacial score (nSPS) is 23.9. The lowest BCUT2D eigenvalue weighted by Crippen LogP contribution is -2.27. The van der Waals surface area contributed by atoms with Crippen LogP contribution in [0, 0.1) is 18.8 Å². The van der Waals surface area contributed by atoms with Crippen LogP contribution < -0.4 is 5.32 Å². The minimum absolute atomic E-state index is 0.663. The first-order valence-corrected chi connectivity index (χ1v) is 7.96. The van der Waals surface area contributed by atoms with Crippen molar-refractivity contribution in [1.82, 2.24) is 4.98 Å². The van der Waals surface area contributed by atoms with Gasteiger partial charge in [-0.05, 0) is 59.2 Å². The Morgan fingerprint density at radius 1 is 1.39 bits per heavy atom. The highest BCUT2D eigenvalue weighted by Gasteiger charge is 2.24. The van der Waals surface area contributed by atoms with E-state index < -0.39 is 0 Å². The first kappa shape index (κ1) is 14.1. The van der Waals surface area contributed by atoms with E-state index in [4.69, 9.17) is 11.6 Å². The van der Waals surface area contributed by atoms with Crippen LogP contribution in [0.15, 0.2) is 16.7 Å². The Hall–Kier alpha value is -0.280. The zero-order valence-corrected chi connectivity index (χ0v) is 13.1. The van der Waals surface area contributed by atoms with Crippen molar-refractivity contribution in [3.8, 4) is 0 Å². The molecule has 0 aromatic carbocycles. The maximum absolute atomic E-state index is 6.06. The number of nitrogens with one attached hydrogen (secondary N) is 1. The van der Waals surface area contributed by atoms with Gasteiger partial charge in [0.25, 0.3) is 0 Å². The van der Waals surface area contributed by atoms with E-state index in [2.05, 4.69) is 33.2 Å². The summed E-state index contributed by atoms with van der Waals surface area (Å²) >= 11 is 9.65. The van der Waals surface area contributed by atoms with Crippen LogP contribution in [0.4, 0.5) is 5.82 Å². The van der Waals surface area contributed by atoms with E-state index in [0.29, 0.717) is 11.8 Å². The first-order valence-electron chi connectivity index (χ1n) is 6.63. The van der Waals surface area contributed by atoms with Gasteiger partial charge in [0.15, 0.2) is 0 Å². The monoisotopic (exact) mass is 330 g/mol. The largest absolute Gasteiger partial charge is 0.369 e. The second-order valence-corrected chi connectivity index (χ2v) is 6.23. The Kier molecular flexibility index (Phi) is 5.31. The van der Waals surface area contributed by atoms with Crippen LogP contribution in [0.1, 0.15) is 31.2 Å². The van der Waals surface area contributed by atoms with Crippen LogP contribution in [-0.4, -0.2) is 17.4 Å². The molecule has 0 aliphatic heterocycles. The number of hydrogen-bond acceptors (Lipinski definition) is 2. The van der Waals surface area contributed by atoms with Gasteiger partial charge in [-0.3, -0.25) is 0 Å². The molecule has 1 N–H and O–H groups in total. The highest BCUT2D eigenvalue weighted by molar-refractivity contribution is 9.10. The summed E-state index contributed by atoms with van der Waals surface area (Å²) in [6.07, 6.45) is 7.08. The van der Waals surface area contributed by atoms with E-state index in [-0.39, 0.29) is 0 Å². The lowest BCUT2D eigenvalue weighted by atomic mass is 9.80. The minimum Gasteiger partial charge on any atom is -0.369 e. The van der Waals surface area contributed by atoms with Crippen LogP contribution >= 0.6 is 27.5 Å². The molecule has 1 heterocycles. The van der Waals surface area contributed by atoms with E-state index in [1.807, 2.05) is 12.3 Å². The number of nitrogens with zero attached hydrogens (tertiary/aromatic N) is 1. The molecule has 1 aliphatic carbocycles. The number of anilines is 1. The molecule has 4 heteroatoms. The summed E-state index contributed by atoms with van der Waals surface area (Å²) in [5, 5.41) is 3.47. The Labute approximate surface area is 123 Å². The van der Waals surface area contributed by atoms with Gasteiger partial charge in [-0.15, -0.1) is 11.6 Å². The number of halogens is 2. The van der Waals surface area contributed by atoms with Crippen molar-refractivity contribution in [2.75, 3.05) is 17.7 Å². The molecule has 0 amide bonds.